The maximum atomic E-state index is 12.2. The van der Waals surface area contributed by atoms with Crippen molar-refractivity contribution in [2.45, 2.75) is 44.6 Å². The molecule has 0 fully saturated rings. The molecule has 7 nitrogen and oxygen atoms in total. The second-order valence-electron chi connectivity index (χ2n) is 7.42. The zero-order valence-electron chi connectivity index (χ0n) is 18.1. The molecule has 31 heavy (non-hydrogen) atoms. The second-order valence-corrected chi connectivity index (χ2v) is 7.42. The van der Waals surface area contributed by atoms with Gasteiger partial charge in [-0.3, -0.25) is 4.79 Å². The van der Waals surface area contributed by atoms with Gasteiger partial charge >= 0.3 is 5.97 Å². The van der Waals surface area contributed by atoms with Crippen molar-refractivity contribution in [2.75, 3.05) is 27.4 Å². The highest BCUT2D eigenvalue weighted by Crippen LogP contribution is 2.28. The number of hydrogen-bond acceptors (Lipinski definition) is 6. The molecule has 170 valence electrons. The standard InChI is InChI=1S/C23H30N2O5.ClH/c1-28-20-11-9-16(15-21(20)29-2)23(27)30-14-5-3-4-13-24-18-7-6-8-19-17(18)10-12-22(26)25-19;/h9-12,15,18,24H,3-8,13-14H2,1-2H3,(H,25,26);1H/t18-;/m0./s1. The number of halogens is 1. The minimum absolute atomic E-state index is 0. The molecule has 2 aromatic rings. The molecule has 8 heteroatoms. The highest BCUT2D eigenvalue weighted by molar-refractivity contribution is 5.90. The first-order chi connectivity index (χ1) is 14.6. The number of methoxy groups -OCH3 is 2. The quantitative estimate of drug-likeness (QED) is 0.422. The van der Waals surface area contributed by atoms with Crippen LogP contribution < -0.4 is 20.3 Å². The van der Waals surface area contributed by atoms with Gasteiger partial charge in [-0.25, -0.2) is 4.79 Å². The topological polar surface area (TPSA) is 89.7 Å². The third-order valence-electron chi connectivity index (χ3n) is 5.40. The zero-order valence-corrected chi connectivity index (χ0v) is 18.9. The number of unbranched alkanes of at least 4 members (excludes halogenated alkanes) is 2. The van der Waals surface area contributed by atoms with Gasteiger partial charge in [0.1, 0.15) is 0 Å². The number of aromatic nitrogens is 1. The lowest BCUT2D eigenvalue weighted by atomic mass is 9.91. The SMILES string of the molecule is COc1ccc(C(=O)OCCCCCN[C@H]2CCCc3[nH]c(=O)ccc32)cc1OC.Cl. The number of nitrogens with one attached hydrogen (secondary N) is 2. The van der Waals surface area contributed by atoms with Crippen LogP contribution in [0.3, 0.4) is 0 Å². The van der Waals surface area contributed by atoms with Gasteiger partial charge in [-0.2, -0.15) is 0 Å². The summed E-state index contributed by atoms with van der Waals surface area (Å²) in [4.78, 5) is 26.6. The van der Waals surface area contributed by atoms with E-state index in [1.807, 2.05) is 6.07 Å². The van der Waals surface area contributed by atoms with Gasteiger partial charge in [-0.1, -0.05) is 6.07 Å². The predicted octanol–water partition coefficient (Wildman–Crippen LogP) is 3.81. The molecule has 1 aromatic carbocycles. The minimum atomic E-state index is -0.359. The molecular weight excluding hydrogens is 420 g/mol. The van der Waals surface area contributed by atoms with E-state index in [2.05, 4.69) is 10.3 Å². The van der Waals surface area contributed by atoms with Gasteiger partial charge in [0.2, 0.25) is 5.56 Å². The molecule has 0 spiro atoms. The molecule has 1 aliphatic carbocycles. The van der Waals surface area contributed by atoms with Crippen molar-refractivity contribution < 1.29 is 19.0 Å². The molecule has 0 unspecified atom stereocenters. The molecular formula is C23H31ClN2O5. The highest BCUT2D eigenvalue weighted by atomic mass is 35.5. The predicted molar refractivity (Wildman–Crippen MR) is 122 cm³/mol. The number of rotatable bonds is 10. The van der Waals surface area contributed by atoms with Gasteiger partial charge in [-0.15, -0.1) is 12.4 Å². The van der Waals surface area contributed by atoms with Gasteiger partial charge in [0, 0.05) is 17.8 Å². The average Bonchev–Trinajstić information content (AvgIpc) is 2.77. The maximum absolute atomic E-state index is 12.2. The Balaban J connectivity index is 0.00000341. The van der Waals surface area contributed by atoms with Crippen LogP contribution in [0, 0.1) is 0 Å². The number of benzene rings is 1. The van der Waals surface area contributed by atoms with Gasteiger partial charge in [0.25, 0.3) is 0 Å². The summed E-state index contributed by atoms with van der Waals surface area (Å²) in [6, 6.07) is 8.83. The molecule has 1 aliphatic rings. The highest BCUT2D eigenvalue weighted by Gasteiger charge is 2.20. The van der Waals surface area contributed by atoms with E-state index in [0.717, 1.165) is 50.8 Å². The Morgan fingerprint density at radius 1 is 1.10 bits per heavy atom. The number of H-pyrrole nitrogens is 1. The van der Waals surface area contributed by atoms with Crippen molar-refractivity contribution in [3.8, 4) is 11.5 Å². The van der Waals surface area contributed by atoms with Crippen molar-refractivity contribution in [3.63, 3.8) is 0 Å². The Morgan fingerprint density at radius 3 is 2.68 bits per heavy atom. The van der Waals surface area contributed by atoms with E-state index < -0.39 is 0 Å². The number of aromatic amines is 1. The van der Waals surface area contributed by atoms with E-state index in [0.29, 0.717) is 29.7 Å². The molecule has 0 amide bonds. The Hall–Kier alpha value is -2.51. The second kappa shape index (κ2) is 12.4. The number of ether oxygens (including phenoxy) is 3. The van der Waals surface area contributed by atoms with Crippen LogP contribution in [0.1, 0.15) is 59.8 Å². The molecule has 0 saturated heterocycles. The number of carbonyl (C=O) groups excluding carboxylic acids is 1. The summed E-state index contributed by atoms with van der Waals surface area (Å²) in [7, 11) is 3.09. The van der Waals surface area contributed by atoms with Crippen molar-refractivity contribution in [3.05, 3.63) is 57.5 Å². The van der Waals surface area contributed by atoms with E-state index in [1.54, 1.807) is 31.4 Å². The number of aryl methyl sites for hydroxylation is 1. The molecule has 0 radical (unpaired) electrons. The normalized spacial score (nSPS) is 14.8. The van der Waals surface area contributed by atoms with Crippen molar-refractivity contribution in [1.29, 1.82) is 0 Å². The Kier molecular flexibility index (Phi) is 9.88. The fourth-order valence-corrected chi connectivity index (χ4v) is 3.80. The number of pyridine rings is 1. The molecule has 3 rings (SSSR count). The first kappa shape index (κ1) is 24.8. The first-order valence-corrected chi connectivity index (χ1v) is 10.5. The van der Waals surface area contributed by atoms with Gasteiger partial charge in [-0.05, 0) is 68.8 Å². The van der Waals surface area contributed by atoms with Crippen LogP contribution in [0.4, 0.5) is 0 Å². The van der Waals surface area contributed by atoms with Gasteiger partial charge < -0.3 is 24.5 Å². The van der Waals surface area contributed by atoms with E-state index in [1.165, 1.54) is 12.7 Å². The summed E-state index contributed by atoms with van der Waals surface area (Å²) < 4.78 is 15.8. The number of carbonyl (C=O) groups is 1. The Labute approximate surface area is 188 Å². The van der Waals surface area contributed by atoms with Crippen LogP contribution >= 0.6 is 12.4 Å². The van der Waals surface area contributed by atoms with Crippen LogP contribution in [0.5, 0.6) is 11.5 Å². The third kappa shape index (κ3) is 6.74. The number of hydrogen-bond donors (Lipinski definition) is 2. The van der Waals surface area contributed by atoms with E-state index in [9.17, 15) is 9.59 Å². The van der Waals surface area contributed by atoms with Crippen LogP contribution in [0.15, 0.2) is 35.1 Å². The van der Waals surface area contributed by atoms with E-state index in [4.69, 9.17) is 14.2 Å². The molecule has 2 N–H and O–H groups in total. The van der Waals surface area contributed by atoms with Crippen LogP contribution in [0.2, 0.25) is 0 Å². The Bertz CT molecular complexity index is 915. The summed E-state index contributed by atoms with van der Waals surface area (Å²) in [5.41, 5.74) is 2.69. The Morgan fingerprint density at radius 2 is 1.90 bits per heavy atom. The lowest BCUT2D eigenvalue weighted by molar-refractivity contribution is 0.0497. The largest absolute Gasteiger partial charge is 0.493 e. The maximum Gasteiger partial charge on any atom is 0.338 e. The van der Waals surface area contributed by atoms with Crippen LogP contribution in [0.25, 0.3) is 0 Å². The summed E-state index contributed by atoms with van der Waals surface area (Å²) in [6.45, 7) is 1.29. The molecule has 0 saturated carbocycles. The summed E-state index contributed by atoms with van der Waals surface area (Å²) in [5.74, 6) is 0.724. The first-order valence-electron chi connectivity index (χ1n) is 10.5. The smallest absolute Gasteiger partial charge is 0.338 e. The minimum Gasteiger partial charge on any atom is -0.493 e. The van der Waals surface area contributed by atoms with Gasteiger partial charge in [0.05, 0.1) is 26.4 Å². The van der Waals surface area contributed by atoms with Crippen LogP contribution in [-0.4, -0.2) is 38.3 Å². The molecule has 0 bridgehead atoms. The van der Waals surface area contributed by atoms with Crippen molar-refractivity contribution >= 4 is 18.4 Å². The molecule has 1 atom stereocenters. The molecule has 1 heterocycles. The molecule has 0 aliphatic heterocycles. The monoisotopic (exact) mass is 450 g/mol. The summed E-state index contributed by atoms with van der Waals surface area (Å²) in [6.07, 6.45) is 5.89. The van der Waals surface area contributed by atoms with Crippen LogP contribution in [-0.2, 0) is 11.2 Å². The van der Waals surface area contributed by atoms with Crippen molar-refractivity contribution in [2.24, 2.45) is 0 Å². The summed E-state index contributed by atoms with van der Waals surface area (Å²) in [5, 5.41) is 3.59. The molecule has 1 aromatic heterocycles. The van der Waals surface area contributed by atoms with E-state index >= 15 is 0 Å². The fraction of sp³-hybridized carbons (Fsp3) is 0.478. The van der Waals surface area contributed by atoms with E-state index in [-0.39, 0.29) is 23.9 Å². The number of fused-ring (bicyclic) bond motifs is 1. The lowest BCUT2D eigenvalue weighted by Gasteiger charge is -2.26. The van der Waals surface area contributed by atoms with Gasteiger partial charge in [0.15, 0.2) is 11.5 Å². The number of esters is 1. The zero-order chi connectivity index (χ0) is 21.3. The fourth-order valence-electron chi connectivity index (χ4n) is 3.80. The summed E-state index contributed by atoms with van der Waals surface area (Å²) >= 11 is 0. The lowest BCUT2D eigenvalue weighted by Crippen LogP contribution is -2.28. The average molecular weight is 451 g/mol. The third-order valence-corrected chi connectivity index (χ3v) is 5.40. The van der Waals surface area contributed by atoms with Crippen molar-refractivity contribution in [1.82, 2.24) is 10.3 Å².